The molecule has 0 radical (unpaired) electrons. The van der Waals surface area contributed by atoms with Gasteiger partial charge in [-0.25, -0.2) is 9.59 Å². The predicted molar refractivity (Wildman–Crippen MR) is 140 cm³/mol. The van der Waals surface area contributed by atoms with Crippen LogP contribution >= 0.6 is 0 Å². The zero-order chi connectivity index (χ0) is 30.2. The molecule has 0 aliphatic carbocycles. The third-order valence-corrected chi connectivity index (χ3v) is 9.68. The summed E-state index contributed by atoms with van der Waals surface area (Å²) in [4.78, 5) is 80.4. The largest absolute Gasteiger partial charge is 0.349 e. The molecule has 3 rings (SSSR count). The highest BCUT2D eigenvalue weighted by Crippen LogP contribution is 2.34. The Kier molecular flexibility index (Phi) is 11.3. The van der Waals surface area contributed by atoms with Crippen molar-refractivity contribution in [3.05, 3.63) is 0 Å². The van der Waals surface area contributed by atoms with Gasteiger partial charge in [-0.05, 0) is 6.92 Å². The van der Waals surface area contributed by atoms with Gasteiger partial charge in [-0.2, -0.15) is 0 Å². The highest BCUT2D eigenvalue weighted by atomic mass is 32.2. The van der Waals surface area contributed by atoms with Crippen LogP contribution < -0.4 is 0 Å². The zero-order valence-corrected chi connectivity index (χ0v) is 24.2. The van der Waals surface area contributed by atoms with Gasteiger partial charge in [-0.3, -0.25) is 27.6 Å². The van der Waals surface area contributed by atoms with Gasteiger partial charge in [0.1, 0.15) is 0 Å². The first-order valence-corrected chi connectivity index (χ1v) is 15.9. The fourth-order valence-electron chi connectivity index (χ4n) is 4.18. The molecule has 4 amide bonds. The summed E-state index contributed by atoms with van der Waals surface area (Å²) in [6.45, 7) is 1.72. The summed E-state index contributed by atoms with van der Waals surface area (Å²) in [7, 11) is -3.32. The molecular formula is C25H32N2O12S2. The first-order valence-electron chi connectivity index (χ1n) is 12.9. The Labute approximate surface area is 241 Å². The Balaban J connectivity index is 1.56. The number of amides is 4. The van der Waals surface area contributed by atoms with Crippen molar-refractivity contribution in [2.24, 2.45) is 5.41 Å². The fourth-order valence-corrected chi connectivity index (χ4v) is 7.29. The van der Waals surface area contributed by atoms with E-state index in [4.69, 9.17) is 25.6 Å². The van der Waals surface area contributed by atoms with E-state index in [9.17, 15) is 37.2 Å². The molecule has 3 aliphatic heterocycles. The van der Waals surface area contributed by atoms with Crippen molar-refractivity contribution < 1.29 is 56.3 Å². The lowest BCUT2D eigenvalue weighted by molar-refractivity contribution is -0.289. The van der Waals surface area contributed by atoms with Crippen LogP contribution in [0.4, 0.5) is 0 Å². The van der Waals surface area contributed by atoms with Crippen LogP contribution in [0.15, 0.2) is 0 Å². The van der Waals surface area contributed by atoms with Gasteiger partial charge in [-0.1, -0.05) is 0 Å². The number of imide groups is 2. The Morgan fingerprint density at radius 2 is 1.22 bits per heavy atom. The maximum atomic E-state index is 13.0. The molecule has 2 unspecified atom stereocenters. The van der Waals surface area contributed by atoms with Gasteiger partial charge in [0, 0.05) is 88.6 Å². The SMILES string of the molecule is C#CCCC1(C)OCC(CS(=O)CCC(=O)ON2C(=O)CCC2=O)(CS(=O)CCC(=O)ON2C(=O)CCC2=O)CO1. The lowest BCUT2D eigenvalue weighted by Gasteiger charge is -2.44. The van der Waals surface area contributed by atoms with Gasteiger partial charge < -0.3 is 19.1 Å². The molecule has 0 spiro atoms. The van der Waals surface area contributed by atoms with Crippen molar-refractivity contribution in [2.75, 3.05) is 36.2 Å². The molecule has 3 fully saturated rings. The average Bonchev–Trinajstić information content (AvgIpc) is 3.42. The van der Waals surface area contributed by atoms with E-state index >= 15 is 0 Å². The van der Waals surface area contributed by atoms with Crippen LogP contribution in [0.1, 0.15) is 58.3 Å². The summed E-state index contributed by atoms with van der Waals surface area (Å²) in [6, 6.07) is 0. The Hall–Kier alpha value is -3.00. The van der Waals surface area contributed by atoms with E-state index in [1.807, 2.05) is 0 Å². The number of carbonyl (C=O) groups excluding carboxylic acids is 6. The van der Waals surface area contributed by atoms with Crippen molar-refractivity contribution in [3.63, 3.8) is 0 Å². The molecule has 0 bridgehead atoms. The van der Waals surface area contributed by atoms with Crippen molar-refractivity contribution >= 4 is 57.2 Å². The van der Waals surface area contributed by atoms with Gasteiger partial charge in [-0.15, -0.1) is 22.5 Å². The van der Waals surface area contributed by atoms with Gasteiger partial charge in [0.2, 0.25) is 0 Å². The molecule has 0 N–H and O–H groups in total. The van der Waals surface area contributed by atoms with Gasteiger partial charge in [0.05, 0.1) is 26.1 Å². The summed E-state index contributed by atoms with van der Waals surface area (Å²) in [5.41, 5.74) is -1.01. The van der Waals surface area contributed by atoms with Crippen molar-refractivity contribution in [1.82, 2.24) is 10.1 Å². The number of carbonyl (C=O) groups is 6. The highest BCUT2D eigenvalue weighted by molar-refractivity contribution is 7.86. The number of hydrogen-bond donors (Lipinski definition) is 0. The molecule has 16 heteroatoms. The van der Waals surface area contributed by atoms with E-state index in [0.29, 0.717) is 23.0 Å². The van der Waals surface area contributed by atoms with E-state index in [1.165, 1.54) is 0 Å². The molecule has 3 saturated heterocycles. The summed E-state index contributed by atoms with van der Waals surface area (Å²) in [5, 5.41) is 0.826. The average molecular weight is 617 g/mol. The molecule has 2 atom stereocenters. The highest BCUT2D eigenvalue weighted by Gasteiger charge is 2.44. The number of nitrogens with zero attached hydrogens (tertiary/aromatic N) is 2. The minimum atomic E-state index is -1.66. The monoisotopic (exact) mass is 616 g/mol. The smallest absolute Gasteiger partial charge is 0.334 e. The molecule has 0 aromatic carbocycles. The van der Waals surface area contributed by atoms with Crippen LogP contribution in [0, 0.1) is 17.8 Å². The first kappa shape index (κ1) is 32.5. The minimum absolute atomic E-state index is 0.00794. The Morgan fingerprint density at radius 1 is 0.829 bits per heavy atom. The molecule has 3 heterocycles. The minimum Gasteiger partial charge on any atom is -0.349 e. The van der Waals surface area contributed by atoms with Crippen LogP contribution in [-0.4, -0.2) is 96.1 Å². The van der Waals surface area contributed by atoms with E-state index < -0.39 is 68.4 Å². The van der Waals surface area contributed by atoms with Crippen LogP contribution in [0.5, 0.6) is 0 Å². The normalized spacial score (nSPS) is 26.1. The number of hydrogen-bond acceptors (Lipinski definition) is 12. The standard InChI is InChI=1S/C25H32N2O12S2/c1-3-4-11-24(2)36-14-25(15-37-24,16-40(34)12-9-22(32)38-26-18(28)5-6-19(26)29)17-41(35)13-10-23(33)39-27-20(30)7-8-21(27)31/h1H,4-17H2,2H3. The Morgan fingerprint density at radius 3 is 1.59 bits per heavy atom. The second-order valence-corrected chi connectivity index (χ2v) is 13.2. The van der Waals surface area contributed by atoms with Gasteiger partial charge >= 0.3 is 11.9 Å². The second-order valence-electron chi connectivity index (χ2n) is 10.1. The van der Waals surface area contributed by atoms with Crippen molar-refractivity contribution in [3.8, 4) is 12.3 Å². The quantitative estimate of drug-likeness (QED) is 0.183. The molecule has 226 valence electrons. The van der Waals surface area contributed by atoms with E-state index in [1.54, 1.807) is 6.92 Å². The van der Waals surface area contributed by atoms with E-state index in [-0.39, 0.29) is 74.8 Å². The number of hydroxylamine groups is 4. The number of rotatable bonds is 14. The van der Waals surface area contributed by atoms with E-state index in [2.05, 4.69) is 5.92 Å². The van der Waals surface area contributed by atoms with Crippen LogP contribution in [0.2, 0.25) is 0 Å². The third kappa shape index (κ3) is 9.25. The summed E-state index contributed by atoms with van der Waals surface area (Å²) in [5.74, 6) is -3.27. The number of terminal acetylenes is 1. The third-order valence-electron chi connectivity index (χ3n) is 6.49. The summed E-state index contributed by atoms with van der Waals surface area (Å²) >= 11 is 0. The molecule has 3 aliphatic rings. The lowest BCUT2D eigenvalue weighted by Crippen LogP contribution is -2.53. The van der Waals surface area contributed by atoms with Gasteiger partial charge in [0.25, 0.3) is 23.6 Å². The second kappa shape index (κ2) is 14.3. The molecule has 41 heavy (non-hydrogen) atoms. The zero-order valence-electron chi connectivity index (χ0n) is 22.6. The summed E-state index contributed by atoms with van der Waals surface area (Å²) < 4.78 is 37.9. The summed E-state index contributed by atoms with van der Waals surface area (Å²) in [6.07, 6.45) is 5.23. The molecule has 0 aromatic heterocycles. The van der Waals surface area contributed by atoms with Crippen LogP contribution in [0.25, 0.3) is 0 Å². The van der Waals surface area contributed by atoms with Crippen molar-refractivity contribution in [1.29, 1.82) is 0 Å². The lowest BCUT2D eigenvalue weighted by atomic mass is 9.93. The van der Waals surface area contributed by atoms with Gasteiger partial charge in [0.15, 0.2) is 5.79 Å². The maximum absolute atomic E-state index is 13.0. The number of ether oxygens (including phenoxy) is 2. The van der Waals surface area contributed by atoms with Crippen LogP contribution in [-0.2, 0) is 69.5 Å². The Bertz CT molecular complexity index is 1070. The molecule has 14 nitrogen and oxygen atoms in total. The van der Waals surface area contributed by atoms with Crippen molar-refractivity contribution in [2.45, 2.75) is 64.1 Å². The topological polar surface area (TPSA) is 180 Å². The molecule has 0 saturated carbocycles. The molecular weight excluding hydrogens is 584 g/mol. The van der Waals surface area contributed by atoms with Crippen LogP contribution in [0.3, 0.4) is 0 Å². The molecule has 0 aromatic rings. The fraction of sp³-hybridized carbons (Fsp3) is 0.680. The first-order chi connectivity index (χ1) is 19.3. The van der Waals surface area contributed by atoms with E-state index in [0.717, 1.165) is 0 Å². The predicted octanol–water partition coefficient (Wildman–Crippen LogP) is -0.359. The maximum Gasteiger partial charge on any atom is 0.334 e.